The van der Waals surface area contributed by atoms with Gasteiger partial charge >= 0.3 is 12.1 Å². The summed E-state index contributed by atoms with van der Waals surface area (Å²) in [7, 11) is 3.09. The van der Waals surface area contributed by atoms with Gasteiger partial charge in [0.15, 0.2) is 0 Å². The minimum Gasteiger partial charge on any atom is -0.497 e. The Bertz CT molecular complexity index is 884. The van der Waals surface area contributed by atoms with Gasteiger partial charge in [0.25, 0.3) is 0 Å². The SMILES string of the molecule is COc1ccc(C2Cc3cc(SC)c(OC)cc3CCN2C(=O)C(F)(F)F)cc1. The van der Waals surface area contributed by atoms with Crippen molar-refractivity contribution in [1.29, 1.82) is 0 Å². The first kappa shape index (κ1) is 21.4. The first-order valence-electron chi connectivity index (χ1n) is 9.04. The topological polar surface area (TPSA) is 38.8 Å². The summed E-state index contributed by atoms with van der Waals surface area (Å²) < 4.78 is 50.5. The van der Waals surface area contributed by atoms with E-state index in [0.717, 1.165) is 20.9 Å². The van der Waals surface area contributed by atoms with E-state index in [0.29, 0.717) is 29.9 Å². The molecule has 1 heterocycles. The van der Waals surface area contributed by atoms with Crippen molar-refractivity contribution in [3.63, 3.8) is 0 Å². The van der Waals surface area contributed by atoms with Crippen molar-refractivity contribution in [2.24, 2.45) is 0 Å². The molecule has 0 saturated carbocycles. The lowest BCUT2D eigenvalue weighted by molar-refractivity contribution is -0.188. The highest BCUT2D eigenvalue weighted by Gasteiger charge is 2.45. The van der Waals surface area contributed by atoms with Gasteiger partial charge in [-0.2, -0.15) is 13.2 Å². The zero-order valence-corrected chi connectivity index (χ0v) is 17.2. The predicted molar refractivity (Wildman–Crippen MR) is 106 cm³/mol. The molecule has 4 nitrogen and oxygen atoms in total. The van der Waals surface area contributed by atoms with Crippen molar-refractivity contribution in [3.8, 4) is 11.5 Å². The van der Waals surface area contributed by atoms with Gasteiger partial charge in [0.05, 0.1) is 20.3 Å². The molecule has 0 N–H and O–H groups in total. The van der Waals surface area contributed by atoms with E-state index in [4.69, 9.17) is 9.47 Å². The van der Waals surface area contributed by atoms with Crippen LogP contribution in [0.25, 0.3) is 0 Å². The van der Waals surface area contributed by atoms with E-state index in [-0.39, 0.29) is 6.54 Å². The van der Waals surface area contributed by atoms with Gasteiger partial charge in [-0.15, -0.1) is 11.8 Å². The highest BCUT2D eigenvalue weighted by Crippen LogP contribution is 2.38. The molecule has 8 heteroatoms. The number of alkyl halides is 3. The number of fused-ring (bicyclic) bond motifs is 1. The Kier molecular flexibility index (Phi) is 6.31. The lowest BCUT2D eigenvalue weighted by Gasteiger charge is -2.31. The van der Waals surface area contributed by atoms with E-state index >= 15 is 0 Å². The number of thioether (sulfide) groups is 1. The van der Waals surface area contributed by atoms with Crippen LogP contribution in [-0.2, 0) is 17.6 Å². The minimum atomic E-state index is -4.93. The Morgan fingerprint density at radius 1 is 1.10 bits per heavy atom. The van der Waals surface area contributed by atoms with Gasteiger partial charge in [0.2, 0.25) is 0 Å². The smallest absolute Gasteiger partial charge is 0.471 e. The van der Waals surface area contributed by atoms with Crippen LogP contribution in [0.3, 0.4) is 0 Å². The van der Waals surface area contributed by atoms with Crippen molar-refractivity contribution in [1.82, 2.24) is 4.90 Å². The molecule has 1 aliphatic rings. The lowest BCUT2D eigenvalue weighted by atomic mass is 9.95. The second kappa shape index (κ2) is 8.57. The Morgan fingerprint density at radius 2 is 1.79 bits per heavy atom. The fourth-order valence-electron chi connectivity index (χ4n) is 3.63. The first-order chi connectivity index (χ1) is 13.8. The summed E-state index contributed by atoms with van der Waals surface area (Å²) >= 11 is 1.51. The van der Waals surface area contributed by atoms with E-state index in [1.807, 2.05) is 18.4 Å². The summed E-state index contributed by atoms with van der Waals surface area (Å²) in [6, 6.07) is 9.91. The van der Waals surface area contributed by atoms with Crippen LogP contribution in [0.15, 0.2) is 41.3 Å². The van der Waals surface area contributed by atoms with Crippen molar-refractivity contribution in [3.05, 3.63) is 53.1 Å². The van der Waals surface area contributed by atoms with E-state index in [2.05, 4.69) is 0 Å². The lowest BCUT2D eigenvalue weighted by Crippen LogP contribution is -2.44. The van der Waals surface area contributed by atoms with Crippen molar-refractivity contribution >= 4 is 17.7 Å². The largest absolute Gasteiger partial charge is 0.497 e. The van der Waals surface area contributed by atoms with Crippen molar-refractivity contribution in [2.45, 2.75) is 30.0 Å². The van der Waals surface area contributed by atoms with Crippen LogP contribution in [0.5, 0.6) is 11.5 Å². The molecule has 1 amide bonds. The molecule has 156 valence electrons. The first-order valence-corrected chi connectivity index (χ1v) is 10.3. The summed E-state index contributed by atoms with van der Waals surface area (Å²) in [5, 5.41) is 0. The zero-order valence-electron chi connectivity index (χ0n) is 16.4. The molecule has 2 aromatic rings. The summed E-state index contributed by atoms with van der Waals surface area (Å²) in [6.45, 7) is -0.0240. The van der Waals surface area contributed by atoms with Crippen LogP contribution in [0.2, 0.25) is 0 Å². The van der Waals surface area contributed by atoms with Crippen LogP contribution in [0.4, 0.5) is 13.2 Å². The Morgan fingerprint density at radius 3 is 2.34 bits per heavy atom. The van der Waals surface area contributed by atoms with Gasteiger partial charge in [0.1, 0.15) is 11.5 Å². The van der Waals surface area contributed by atoms with E-state index in [9.17, 15) is 18.0 Å². The molecule has 0 aliphatic carbocycles. The molecule has 3 rings (SSSR count). The molecule has 1 aliphatic heterocycles. The molecule has 0 saturated heterocycles. The third-order valence-corrected chi connectivity index (χ3v) is 5.88. The molecular formula is C21H22F3NO3S. The molecule has 1 atom stereocenters. The van der Waals surface area contributed by atoms with Gasteiger partial charge in [-0.05, 0) is 60.1 Å². The second-order valence-corrected chi connectivity index (χ2v) is 7.56. The number of carbonyl (C=O) groups is 1. The van der Waals surface area contributed by atoms with Gasteiger partial charge in [-0.3, -0.25) is 4.79 Å². The minimum absolute atomic E-state index is 0.0240. The van der Waals surface area contributed by atoms with Crippen LogP contribution in [0, 0.1) is 0 Å². The number of halogens is 3. The van der Waals surface area contributed by atoms with Crippen LogP contribution in [-0.4, -0.2) is 44.0 Å². The van der Waals surface area contributed by atoms with Crippen LogP contribution >= 0.6 is 11.8 Å². The maximum atomic E-state index is 13.3. The molecule has 1 unspecified atom stereocenters. The highest BCUT2D eigenvalue weighted by molar-refractivity contribution is 7.98. The predicted octanol–water partition coefficient (Wildman–Crippen LogP) is 4.66. The van der Waals surface area contributed by atoms with E-state index < -0.39 is 18.1 Å². The number of nitrogens with zero attached hydrogens (tertiary/aromatic N) is 1. The Balaban J connectivity index is 2.07. The maximum Gasteiger partial charge on any atom is 0.471 e. The Labute approximate surface area is 172 Å². The summed E-state index contributed by atoms with van der Waals surface area (Å²) in [5.74, 6) is -0.526. The van der Waals surface area contributed by atoms with Crippen LogP contribution < -0.4 is 9.47 Å². The average molecular weight is 425 g/mol. The molecule has 29 heavy (non-hydrogen) atoms. The number of rotatable bonds is 4. The molecular weight excluding hydrogens is 403 g/mol. The third kappa shape index (κ3) is 4.47. The zero-order chi connectivity index (χ0) is 21.2. The number of carbonyl (C=O) groups excluding carboxylic acids is 1. The van der Waals surface area contributed by atoms with Crippen molar-refractivity contribution in [2.75, 3.05) is 27.0 Å². The second-order valence-electron chi connectivity index (χ2n) is 6.72. The molecule has 2 aromatic carbocycles. The summed E-state index contributed by atoms with van der Waals surface area (Å²) in [5.41, 5.74) is 2.46. The summed E-state index contributed by atoms with van der Waals surface area (Å²) in [6.07, 6.45) is -2.39. The standard InChI is InChI=1S/C21H22F3NO3S/c1-27-16-6-4-13(5-7-16)17-10-15-12-19(29-3)18(28-2)11-14(15)8-9-25(17)20(26)21(22,23)24/h4-7,11-12,17H,8-10H2,1-3H3. The van der Waals surface area contributed by atoms with Gasteiger partial charge in [0, 0.05) is 11.4 Å². The van der Waals surface area contributed by atoms with Crippen molar-refractivity contribution < 1.29 is 27.4 Å². The Hall–Kier alpha value is -2.35. The quantitative estimate of drug-likeness (QED) is 0.668. The number of methoxy groups -OCH3 is 2. The van der Waals surface area contributed by atoms with Crippen LogP contribution in [0.1, 0.15) is 22.7 Å². The number of benzene rings is 2. The average Bonchev–Trinajstić information content (AvgIpc) is 2.90. The maximum absolute atomic E-state index is 13.3. The van der Waals surface area contributed by atoms with Gasteiger partial charge in [-0.25, -0.2) is 0 Å². The highest BCUT2D eigenvalue weighted by atomic mass is 32.2. The fraction of sp³-hybridized carbons (Fsp3) is 0.381. The molecule has 0 fully saturated rings. The number of amides is 1. The third-order valence-electron chi connectivity index (χ3n) is 5.12. The molecule has 0 spiro atoms. The van der Waals surface area contributed by atoms with E-state index in [1.54, 1.807) is 31.4 Å². The number of hydrogen-bond acceptors (Lipinski definition) is 4. The van der Waals surface area contributed by atoms with Gasteiger partial charge < -0.3 is 14.4 Å². The fourth-order valence-corrected chi connectivity index (χ4v) is 4.23. The molecule has 0 radical (unpaired) electrons. The monoisotopic (exact) mass is 425 g/mol. The number of ether oxygens (including phenoxy) is 2. The molecule has 0 bridgehead atoms. The number of hydrogen-bond donors (Lipinski definition) is 0. The molecule has 0 aromatic heterocycles. The van der Waals surface area contributed by atoms with Gasteiger partial charge in [-0.1, -0.05) is 12.1 Å². The van der Waals surface area contributed by atoms with E-state index in [1.165, 1.54) is 18.9 Å². The normalized spacial score (nSPS) is 16.8. The summed E-state index contributed by atoms with van der Waals surface area (Å²) in [4.78, 5) is 14.1.